The Balaban J connectivity index is 1.56. The van der Waals surface area contributed by atoms with Crippen molar-refractivity contribution >= 4 is 11.9 Å². The molecule has 6 heteroatoms. The van der Waals surface area contributed by atoms with E-state index in [0.717, 1.165) is 37.7 Å². The predicted molar refractivity (Wildman–Crippen MR) is 125 cm³/mol. The van der Waals surface area contributed by atoms with Crippen molar-refractivity contribution in [3.8, 4) is 11.4 Å². The highest BCUT2D eigenvalue weighted by Gasteiger charge is 2.55. The molecule has 1 aromatic heterocycles. The van der Waals surface area contributed by atoms with Crippen LogP contribution in [0, 0.1) is 11.7 Å². The van der Waals surface area contributed by atoms with Gasteiger partial charge in [-0.05, 0) is 37.8 Å². The average molecular weight is 445 g/mol. The molecular formula is C27H29FN4O. The number of anilines is 1. The third kappa shape index (κ3) is 3.22. The number of amides is 1. The van der Waals surface area contributed by atoms with E-state index in [1.165, 1.54) is 31.7 Å². The van der Waals surface area contributed by atoms with Gasteiger partial charge in [0.2, 0.25) is 5.95 Å². The van der Waals surface area contributed by atoms with Gasteiger partial charge in [0.1, 0.15) is 5.82 Å². The van der Waals surface area contributed by atoms with Gasteiger partial charge in [0.25, 0.3) is 5.91 Å². The molecule has 170 valence electrons. The van der Waals surface area contributed by atoms with Crippen LogP contribution in [0.15, 0.2) is 54.6 Å². The lowest BCUT2D eigenvalue weighted by atomic mass is 9.64. The summed E-state index contributed by atoms with van der Waals surface area (Å²) in [7, 11) is 0. The molecule has 0 N–H and O–H groups in total. The van der Waals surface area contributed by atoms with Gasteiger partial charge in [0.15, 0.2) is 5.82 Å². The molecule has 6 rings (SSSR count). The Morgan fingerprint density at radius 3 is 2.42 bits per heavy atom. The van der Waals surface area contributed by atoms with Crippen LogP contribution >= 0.6 is 0 Å². The van der Waals surface area contributed by atoms with Crippen LogP contribution in [-0.4, -0.2) is 26.7 Å². The van der Waals surface area contributed by atoms with Gasteiger partial charge >= 0.3 is 0 Å². The summed E-state index contributed by atoms with van der Waals surface area (Å²) in [5, 5.41) is 5.06. The summed E-state index contributed by atoms with van der Waals surface area (Å²) < 4.78 is 16.8. The molecule has 0 saturated heterocycles. The van der Waals surface area contributed by atoms with Crippen LogP contribution in [0.4, 0.5) is 10.3 Å². The number of benzene rings is 2. The van der Waals surface area contributed by atoms with Crippen molar-refractivity contribution in [2.24, 2.45) is 5.92 Å². The average Bonchev–Trinajstić information content (AvgIpc) is 3.32. The number of hydrogen-bond donors (Lipinski definition) is 0. The number of rotatable bonds is 2. The Bertz CT molecular complexity index is 1170. The van der Waals surface area contributed by atoms with Crippen molar-refractivity contribution in [3.63, 3.8) is 0 Å². The summed E-state index contributed by atoms with van der Waals surface area (Å²) in [5.41, 5.74) is 0.939. The lowest BCUT2D eigenvalue weighted by molar-refractivity contribution is 0.0313. The van der Waals surface area contributed by atoms with Crippen LogP contribution in [0.3, 0.4) is 0 Å². The van der Waals surface area contributed by atoms with E-state index in [0.29, 0.717) is 17.7 Å². The fraction of sp³-hybridized carbons (Fsp3) is 0.444. The molecule has 3 aromatic rings. The summed E-state index contributed by atoms with van der Waals surface area (Å²) in [6, 6.07) is 16.3. The molecule has 2 saturated carbocycles. The molecule has 2 atom stereocenters. The number of fused-ring (bicyclic) bond motifs is 4. The van der Waals surface area contributed by atoms with Crippen molar-refractivity contribution in [3.05, 3.63) is 66.0 Å². The Morgan fingerprint density at radius 2 is 1.64 bits per heavy atom. The third-order valence-corrected chi connectivity index (χ3v) is 8.05. The Kier molecular flexibility index (Phi) is 5.04. The maximum atomic E-state index is 14.7. The van der Waals surface area contributed by atoms with Gasteiger partial charge in [0, 0.05) is 17.5 Å². The van der Waals surface area contributed by atoms with Gasteiger partial charge in [-0.15, -0.1) is 5.10 Å². The molecule has 1 amide bonds. The van der Waals surface area contributed by atoms with Crippen molar-refractivity contribution in [1.29, 1.82) is 0 Å². The molecule has 2 fully saturated rings. The number of nitrogens with zero attached hydrogens (tertiary/aromatic N) is 4. The molecule has 2 aliphatic carbocycles. The summed E-state index contributed by atoms with van der Waals surface area (Å²) in [6.45, 7) is 0. The Labute approximate surface area is 193 Å². The number of carbonyl (C=O) groups is 1. The van der Waals surface area contributed by atoms with Crippen LogP contribution in [0.2, 0.25) is 0 Å². The van der Waals surface area contributed by atoms with E-state index in [4.69, 9.17) is 10.1 Å². The second kappa shape index (κ2) is 8.08. The predicted octanol–water partition coefficient (Wildman–Crippen LogP) is 5.96. The van der Waals surface area contributed by atoms with Crippen molar-refractivity contribution in [2.75, 3.05) is 4.90 Å². The molecule has 0 unspecified atom stereocenters. The van der Waals surface area contributed by atoms with E-state index >= 15 is 0 Å². The summed E-state index contributed by atoms with van der Waals surface area (Å²) in [5.74, 6) is 0.763. The first-order chi connectivity index (χ1) is 16.2. The highest BCUT2D eigenvalue weighted by Crippen LogP contribution is 2.53. The molecule has 0 bridgehead atoms. The largest absolute Gasteiger partial charge is 0.273 e. The second-order valence-corrected chi connectivity index (χ2v) is 9.79. The molecule has 5 nitrogen and oxygen atoms in total. The zero-order chi connectivity index (χ0) is 22.4. The fourth-order valence-corrected chi connectivity index (χ4v) is 6.57. The molecule has 33 heavy (non-hydrogen) atoms. The van der Waals surface area contributed by atoms with Crippen LogP contribution in [0.25, 0.3) is 11.4 Å². The van der Waals surface area contributed by atoms with Crippen LogP contribution < -0.4 is 4.90 Å². The number of halogens is 1. The Hall–Kier alpha value is -3.02. The summed E-state index contributed by atoms with van der Waals surface area (Å²) in [6.07, 6.45) is 9.98. The first-order valence-electron chi connectivity index (χ1n) is 12.3. The maximum absolute atomic E-state index is 14.7. The van der Waals surface area contributed by atoms with Gasteiger partial charge < -0.3 is 0 Å². The normalized spacial score (nSPS) is 23.7. The van der Waals surface area contributed by atoms with Crippen LogP contribution in [0.1, 0.15) is 68.1 Å². The highest BCUT2D eigenvalue weighted by atomic mass is 19.1. The minimum Gasteiger partial charge on any atom is -0.273 e. The molecule has 1 spiro atoms. The molecule has 1 aliphatic heterocycles. The molecule has 0 radical (unpaired) electrons. The Morgan fingerprint density at radius 1 is 0.909 bits per heavy atom. The minimum atomic E-state index is -0.484. The second-order valence-electron chi connectivity index (χ2n) is 9.79. The molecular weight excluding hydrogens is 415 g/mol. The number of aromatic nitrogens is 3. The van der Waals surface area contributed by atoms with Gasteiger partial charge in [-0.3, -0.25) is 9.69 Å². The molecule has 3 aliphatic rings. The van der Waals surface area contributed by atoms with Crippen molar-refractivity contribution in [1.82, 2.24) is 14.8 Å². The SMILES string of the molecule is O=C(c1ccccc1F)N1c2nc(-c3ccccc3)nn2C2(CCCCC2)[C@@H]2CCCC[C@@H]21. The first-order valence-corrected chi connectivity index (χ1v) is 12.3. The maximum Gasteiger partial charge on any atom is 0.263 e. The van der Waals surface area contributed by atoms with Gasteiger partial charge in [-0.2, -0.15) is 4.98 Å². The molecule has 2 heterocycles. The van der Waals surface area contributed by atoms with Crippen molar-refractivity contribution < 1.29 is 9.18 Å². The fourth-order valence-electron chi connectivity index (χ4n) is 6.57. The quantitative estimate of drug-likeness (QED) is 0.490. The van der Waals surface area contributed by atoms with E-state index in [-0.39, 0.29) is 23.1 Å². The van der Waals surface area contributed by atoms with E-state index in [1.807, 2.05) is 30.3 Å². The first kappa shape index (κ1) is 20.6. The zero-order valence-corrected chi connectivity index (χ0v) is 18.8. The number of carbonyl (C=O) groups excluding carboxylic acids is 1. The standard InChI is InChI=1S/C27H29FN4O/c28-22-15-7-5-13-20(22)25(33)31-23-16-8-6-14-21(23)27(17-9-2-10-18-27)32-26(31)29-24(30-32)19-11-3-1-4-12-19/h1,3-5,7,11-13,15,21,23H,2,6,8-10,14,16-18H2/t21-,23+/m1/s1. The smallest absolute Gasteiger partial charge is 0.263 e. The van der Waals surface area contributed by atoms with Gasteiger partial charge in [-0.1, -0.05) is 74.6 Å². The lowest BCUT2D eigenvalue weighted by Gasteiger charge is -2.55. The third-order valence-electron chi connectivity index (χ3n) is 8.05. The zero-order valence-electron chi connectivity index (χ0n) is 18.8. The van der Waals surface area contributed by atoms with E-state index in [2.05, 4.69) is 4.68 Å². The van der Waals surface area contributed by atoms with Gasteiger partial charge in [0.05, 0.1) is 11.1 Å². The van der Waals surface area contributed by atoms with Crippen LogP contribution in [-0.2, 0) is 5.54 Å². The summed E-state index contributed by atoms with van der Waals surface area (Å²) >= 11 is 0. The topological polar surface area (TPSA) is 51.0 Å². The monoisotopic (exact) mass is 444 g/mol. The van der Waals surface area contributed by atoms with Gasteiger partial charge in [-0.25, -0.2) is 9.07 Å². The number of hydrogen-bond acceptors (Lipinski definition) is 3. The van der Waals surface area contributed by atoms with E-state index in [9.17, 15) is 9.18 Å². The lowest BCUT2D eigenvalue weighted by Crippen LogP contribution is -2.61. The molecule has 2 aromatic carbocycles. The van der Waals surface area contributed by atoms with E-state index < -0.39 is 5.82 Å². The van der Waals surface area contributed by atoms with Crippen LogP contribution in [0.5, 0.6) is 0 Å². The highest BCUT2D eigenvalue weighted by molar-refractivity contribution is 6.06. The summed E-state index contributed by atoms with van der Waals surface area (Å²) in [4.78, 5) is 20.6. The van der Waals surface area contributed by atoms with E-state index in [1.54, 1.807) is 23.1 Å². The minimum absolute atomic E-state index is 0.0317. The van der Waals surface area contributed by atoms with Crippen molar-refractivity contribution in [2.45, 2.75) is 69.4 Å².